The fourth-order valence-corrected chi connectivity index (χ4v) is 3.51. The largest absolute Gasteiger partial charge is 0.493 e. The predicted octanol–water partition coefficient (Wildman–Crippen LogP) is 0.100. The summed E-state index contributed by atoms with van der Waals surface area (Å²) >= 11 is 0. The van der Waals surface area contributed by atoms with Crippen LogP contribution in [0.25, 0.3) is 5.69 Å². The Balaban J connectivity index is 2.05. The number of H-pyrrole nitrogens is 1. The number of hydrogen-bond donors (Lipinski definition) is 2. The minimum atomic E-state index is -3.32. The fraction of sp³-hybridized carbons (Fsp3) is 0.133. The molecular formula is C15H12FN3O5S. The summed E-state index contributed by atoms with van der Waals surface area (Å²) in [6.45, 7) is 0. The van der Waals surface area contributed by atoms with Crippen molar-refractivity contribution in [1.82, 2.24) is 9.55 Å². The van der Waals surface area contributed by atoms with Crippen LogP contribution in [0.4, 0.5) is 4.39 Å². The van der Waals surface area contributed by atoms with Crippen molar-refractivity contribution in [2.24, 2.45) is 4.99 Å². The molecule has 8 nitrogen and oxygen atoms in total. The number of nitrogens with zero attached hydrogens (tertiary/aromatic N) is 2. The van der Waals surface area contributed by atoms with Crippen LogP contribution in [0.2, 0.25) is 0 Å². The number of benzene rings is 1. The van der Waals surface area contributed by atoms with Crippen molar-refractivity contribution >= 4 is 16.1 Å². The molecule has 0 bridgehead atoms. The molecule has 1 aromatic carbocycles. The number of aromatic nitrogens is 2. The number of nitrogens with one attached hydrogen (secondary N) is 1. The van der Waals surface area contributed by atoms with Gasteiger partial charge < -0.3 is 5.11 Å². The molecule has 2 N–H and O–H groups in total. The number of hydrogen-bond acceptors (Lipinski definition) is 6. The van der Waals surface area contributed by atoms with Gasteiger partial charge in [-0.25, -0.2) is 22.2 Å². The SMILES string of the molecule is O=c1[nH]c(=O)n(-c2ccc(F)cc2)c(O)c1C=N[C@H]1C=CS(=O)(=O)C1. The van der Waals surface area contributed by atoms with Gasteiger partial charge in [0.25, 0.3) is 5.56 Å². The van der Waals surface area contributed by atoms with Crippen LogP contribution in [0, 0.1) is 5.82 Å². The smallest absolute Gasteiger partial charge is 0.335 e. The predicted molar refractivity (Wildman–Crippen MR) is 88.6 cm³/mol. The molecule has 0 spiro atoms. The maximum atomic E-state index is 13.0. The van der Waals surface area contributed by atoms with Crippen molar-refractivity contribution in [2.45, 2.75) is 6.04 Å². The molecule has 0 radical (unpaired) electrons. The maximum absolute atomic E-state index is 13.0. The van der Waals surface area contributed by atoms with E-state index >= 15 is 0 Å². The van der Waals surface area contributed by atoms with Gasteiger partial charge in [0.2, 0.25) is 5.88 Å². The lowest BCUT2D eigenvalue weighted by Crippen LogP contribution is -2.31. The van der Waals surface area contributed by atoms with Crippen molar-refractivity contribution < 1.29 is 17.9 Å². The molecule has 1 atom stereocenters. The van der Waals surface area contributed by atoms with Crippen LogP contribution >= 0.6 is 0 Å². The van der Waals surface area contributed by atoms with E-state index in [1.54, 1.807) is 0 Å². The van der Waals surface area contributed by atoms with Crippen LogP contribution in [0.15, 0.2) is 50.3 Å². The molecule has 130 valence electrons. The van der Waals surface area contributed by atoms with Gasteiger partial charge in [-0.15, -0.1) is 0 Å². The van der Waals surface area contributed by atoms with E-state index in [1.807, 2.05) is 4.98 Å². The average Bonchev–Trinajstić information content (AvgIpc) is 2.88. The monoisotopic (exact) mass is 365 g/mol. The van der Waals surface area contributed by atoms with Crippen LogP contribution in [-0.4, -0.2) is 41.1 Å². The van der Waals surface area contributed by atoms with Crippen LogP contribution in [0.1, 0.15) is 5.56 Å². The molecule has 0 fully saturated rings. The summed E-state index contributed by atoms with van der Waals surface area (Å²) in [7, 11) is -3.32. The molecule has 1 aliphatic rings. The quantitative estimate of drug-likeness (QED) is 0.747. The van der Waals surface area contributed by atoms with Crippen molar-refractivity contribution in [3.8, 4) is 11.6 Å². The summed E-state index contributed by atoms with van der Waals surface area (Å²) < 4.78 is 36.5. The first-order valence-electron chi connectivity index (χ1n) is 7.05. The Hall–Kier alpha value is -3.01. The minimum absolute atomic E-state index is 0.137. The van der Waals surface area contributed by atoms with E-state index in [0.717, 1.165) is 28.3 Å². The van der Waals surface area contributed by atoms with Gasteiger partial charge in [0, 0.05) is 11.6 Å². The first-order valence-corrected chi connectivity index (χ1v) is 8.77. The highest BCUT2D eigenvalue weighted by molar-refractivity contribution is 7.94. The highest BCUT2D eigenvalue weighted by Crippen LogP contribution is 2.16. The van der Waals surface area contributed by atoms with Crippen LogP contribution in [0.5, 0.6) is 5.88 Å². The average molecular weight is 365 g/mol. The summed E-state index contributed by atoms with van der Waals surface area (Å²) in [5, 5.41) is 11.3. The van der Waals surface area contributed by atoms with Gasteiger partial charge in [-0.1, -0.05) is 0 Å². The zero-order valence-electron chi connectivity index (χ0n) is 12.6. The lowest BCUT2D eigenvalue weighted by atomic mass is 10.2. The lowest BCUT2D eigenvalue weighted by Gasteiger charge is -2.09. The van der Waals surface area contributed by atoms with Crippen molar-refractivity contribution in [3.05, 3.63) is 68.0 Å². The van der Waals surface area contributed by atoms with Gasteiger partial charge in [0.05, 0.1) is 17.5 Å². The third kappa shape index (κ3) is 3.43. The van der Waals surface area contributed by atoms with E-state index < -0.39 is 38.8 Å². The Labute approximate surface area is 140 Å². The molecule has 3 rings (SSSR count). The van der Waals surface area contributed by atoms with E-state index in [-0.39, 0.29) is 17.0 Å². The number of halogens is 1. The minimum Gasteiger partial charge on any atom is -0.493 e. The standard InChI is InChI=1S/C15H12FN3O5S/c16-9-1-3-11(4-2-9)19-14(21)12(13(20)18-15(19)22)7-17-10-5-6-25(23,24)8-10/h1-7,10,21H,8H2,(H,18,20,22)/t10-/m0/s1. The van der Waals surface area contributed by atoms with Crippen LogP contribution < -0.4 is 11.2 Å². The third-order valence-corrected chi connectivity index (χ3v) is 4.89. The topological polar surface area (TPSA) is 122 Å². The number of aromatic amines is 1. The second-order valence-electron chi connectivity index (χ2n) is 5.31. The zero-order valence-corrected chi connectivity index (χ0v) is 13.4. The normalized spacial score (nSPS) is 18.8. The van der Waals surface area contributed by atoms with E-state index in [0.29, 0.717) is 0 Å². The summed E-state index contributed by atoms with van der Waals surface area (Å²) in [6.07, 6.45) is 2.36. The molecule has 0 aliphatic carbocycles. The van der Waals surface area contributed by atoms with Crippen molar-refractivity contribution in [3.63, 3.8) is 0 Å². The Bertz CT molecular complexity index is 1100. The van der Waals surface area contributed by atoms with E-state index in [4.69, 9.17) is 0 Å². The first-order chi connectivity index (χ1) is 11.8. The van der Waals surface area contributed by atoms with Gasteiger partial charge in [-0.05, 0) is 30.3 Å². The fourth-order valence-electron chi connectivity index (χ4n) is 2.31. The van der Waals surface area contributed by atoms with Crippen LogP contribution in [-0.2, 0) is 9.84 Å². The number of aromatic hydroxyl groups is 1. The number of sulfone groups is 1. The molecule has 2 aromatic rings. The summed E-state index contributed by atoms with van der Waals surface area (Å²) in [4.78, 5) is 29.8. The molecule has 1 aromatic heterocycles. The number of aliphatic imine (C=N–C) groups is 1. The molecule has 25 heavy (non-hydrogen) atoms. The van der Waals surface area contributed by atoms with Gasteiger partial charge in [0.15, 0.2) is 9.84 Å². The molecule has 1 aliphatic heterocycles. The Morgan fingerprint density at radius 3 is 2.56 bits per heavy atom. The molecule has 0 saturated carbocycles. The highest BCUT2D eigenvalue weighted by Gasteiger charge is 2.21. The van der Waals surface area contributed by atoms with Gasteiger partial charge >= 0.3 is 5.69 Å². The second-order valence-corrected chi connectivity index (χ2v) is 7.24. The van der Waals surface area contributed by atoms with E-state index in [9.17, 15) is 27.5 Å². The molecule has 0 unspecified atom stereocenters. The van der Waals surface area contributed by atoms with Gasteiger partial charge in [0.1, 0.15) is 11.4 Å². The molecule has 0 amide bonds. The van der Waals surface area contributed by atoms with Crippen molar-refractivity contribution in [2.75, 3.05) is 5.75 Å². The van der Waals surface area contributed by atoms with Gasteiger partial charge in [-0.3, -0.25) is 14.8 Å². The lowest BCUT2D eigenvalue weighted by molar-refractivity contribution is 0.430. The summed E-state index contributed by atoms with van der Waals surface area (Å²) in [5.41, 5.74) is -1.97. The molecule has 10 heteroatoms. The van der Waals surface area contributed by atoms with Crippen molar-refractivity contribution in [1.29, 1.82) is 0 Å². The van der Waals surface area contributed by atoms with Crippen LogP contribution in [0.3, 0.4) is 0 Å². The third-order valence-electron chi connectivity index (χ3n) is 3.51. The van der Waals surface area contributed by atoms with E-state index in [1.165, 1.54) is 18.2 Å². The summed E-state index contributed by atoms with van der Waals surface area (Å²) in [5.74, 6) is -1.45. The molecule has 0 saturated heterocycles. The maximum Gasteiger partial charge on any atom is 0.335 e. The molecular weight excluding hydrogens is 353 g/mol. The zero-order chi connectivity index (χ0) is 18.2. The Morgan fingerprint density at radius 1 is 1.28 bits per heavy atom. The Morgan fingerprint density at radius 2 is 1.96 bits per heavy atom. The molecule has 2 heterocycles. The van der Waals surface area contributed by atoms with Gasteiger partial charge in [-0.2, -0.15) is 0 Å². The Kier molecular flexibility index (Phi) is 4.13. The first kappa shape index (κ1) is 16.8. The second kappa shape index (κ2) is 6.13. The number of rotatable bonds is 3. The summed E-state index contributed by atoms with van der Waals surface area (Å²) in [6, 6.07) is 4.00. The van der Waals surface area contributed by atoms with E-state index in [2.05, 4.69) is 4.99 Å². The highest BCUT2D eigenvalue weighted by atomic mass is 32.2.